The van der Waals surface area contributed by atoms with Gasteiger partial charge < -0.3 is 9.84 Å². The minimum Gasteiger partial charge on any atom is -0.462 e. The van der Waals surface area contributed by atoms with Gasteiger partial charge in [0.1, 0.15) is 6.10 Å². The molecule has 3 heteroatoms. The van der Waals surface area contributed by atoms with Crippen LogP contribution >= 0.6 is 0 Å². The molecule has 0 aliphatic carbocycles. The van der Waals surface area contributed by atoms with Gasteiger partial charge in [0.2, 0.25) is 0 Å². The van der Waals surface area contributed by atoms with Crippen LogP contribution in [0.2, 0.25) is 0 Å². The van der Waals surface area contributed by atoms with Crippen LogP contribution in [-0.2, 0) is 9.53 Å². The molecule has 0 rings (SSSR count). The highest BCUT2D eigenvalue weighted by molar-refractivity contribution is 5.71. The quantitative estimate of drug-likeness (QED) is 0.713. The summed E-state index contributed by atoms with van der Waals surface area (Å²) in [5.41, 5.74) is 0. The number of rotatable bonds is 6. The number of hydrogen-bond donors (Lipinski definition) is 1. The number of hydrogen-bond acceptors (Lipinski definition) is 3. The summed E-state index contributed by atoms with van der Waals surface area (Å²) in [5.74, 6) is -0.104. The third kappa shape index (κ3) is 4.52. The van der Waals surface area contributed by atoms with Gasteiger partial charge in [0.15, 0.2) is 0 Å². The Morgan fingerprint density at radius 1 is 1.19 bits per heavy atom. The Bertz CT molecular complexity index is 211. The zero-order valence-electron chi connectivity index (χ0n) is 11.4. The van der Waals surface area contributed by atoms with Gasteiger partial charge in [-0.2, -0.15) is 0 Å². The van der Waals surface area contributed by atoms with Crippen LogP contribution < -0.4 is 0 Å². The van der Waals surface area contributed by atoms with E-state index in [1.54, 1.807) is 0 Å². The lowest BCUT2D eigenvalue weighted by molar-refractivity contribution is -0.161. The second-order valence-corrected chi connectivity index (χ2v) is 5.13. The van der Waals surface area contributed by atoms with Crippen molar-refractivity contribution in [2.45, 2.75) is 60.2 Å². The zero-order chi connectivity index (χ0) is 12.9. The molecule has 16 heavy (non-hydrogen) atoms. The van der Waals surface area contributed by atoms with E-state index >= 15 is 0 Å². The average Bonchev–Trinajstić information content (AvgIpc) is 2.22. The Balaban J connectivity index is 4.55. The maximum Gasteiger partial charge on any atom is 0.308 e. The Kier molecular flexibility index (Phi) is 6.65. The predicted molar refractivity (Wildman–Crippen MR) is 65.0 cm³/mol. The molecule has 96 valence electrons. The highest BCUT2D eigenvalue weighted by Crippen LogP contribution is 2.22. The third-order valence-corrected chi connectivity index (χ3v) is 2.92. The molecule has 0 aliphatic rings. The van der Waals surface area contributed by atoms with E-state index in [9.17, 15) is 9.90 Å². The van der Waals surface area contributed by atoms with Gasteiger partial charge in [-0.05, 0) is 12.3 Å². The molecule has 0 spiro atoms. The SMILES string of the molecule is CC[C@H](O)[C@H](C)[C@@H](OC(=O)C(C)C)C(C)C. The van der Waals surface area contributed by atoms with E-state index in [2.05, 4.69) is 0 Å². The molecule has 3 nitrogen and oxygen atoms in total. The number of carbonyl (C=O) groups is 1. The van der Waals surface area contributed by atoms with Gasteiger partial charge in [-0.15, -0.1) is 0 Å². The first-order chi connectivity index (χ1) is 7.31. The van der Waals surface area contributed by atoms with Crippen LogP contribution in [0.25, 0.3) is 0 Å². The Morgan fingerprint density at radius 3 is 2.00 bits per heavy atom. The van der Waals surface area contributed by atoms with Crippen LogP contribution in [0.15, 0.2) is 0 Å². The van der Waals surface area contributed by atoms with Crippen LogP contribution in [0.5, 0.6) is 0 Å². The molecule has 0 fully saturated rings. The fourth-order valence-electron chi connectivity index (χ4n) is 1.71. The Morgan fingerprint density at radius 2 is 1.69 bits per heavy atom. The molecule has 0 radical (unpaired) electrons. The summed E-state index contributed by atoms with van der Waals surface area (Å²) < 4.78 is 5.46. The van der Waals surface area contributed by atoms with Crippen molar-refractivity contribution in [3.8, 4) is 0 Å². The summed E-state index contributed by atoms with van der Waals surface area (Å²) in [6.45, 7) is 11.5. The molecular formula is C13H26O3. The van der Waals surface area contributed by atoms with Crippen LogP contribution in [-0.4, -0.2) is 23.3 Å². The summed E-state index contributed by atoms with van der Waals surface area (Å²) in [5, 5.41) is 9.81. The van der Waals surface area contributed by atoms with Crippen LogP contribution in [0.3, 0.4) is 0 Å². The lowest BCUT2D eigenvalue weighted by atomic mass is 9.89. The lowest BCUT2D eigenvalue weighted by Gasteiger charge is -2.30. The number of carbonyl (C=O) groups excluding carboxylic acids is 1. The Labute approximate surface area is 99.2 Å². The van der Waals surface area contributed by atoms with Gasteiger partial charge in [-0.1, -0.05) is 41.5 Å². The molecule has 1 N–H and O–H groups in total. The molecule has 0 saturated heterocycles. The van der Waals surface area contributed by atoms with E-state index in [0.29, 0.717) is 6.42 Å². The minimum absolute atomic E-state index is 0.0206. The fraction of sp³-hybridized carbons (Fsp3) is 0.923. The second-order valence-electron chi connectivity index (χ2n) is 5.13. The molecule has 0 unspecified atom stereocenters. The monoisotopic (exact) mass is 230 g/mol. The summed E-state index contributed by atoms with van der Waals surface area (Å²) >= 11 is 0. The van der Waals surface area contributed by atoms with Gasteiger partial charge in [0.25, 0.3) is 0 Å². The molecule has 0 bridgehead atoms. The molecule has 0 aromatic heterocycles. The first-order valence-electron chi connectivity index (χ1n) is 6.19. The number of ether oxygens (including phenoxy) is 1. The predicted octanol–water partition coefficient (Wildman–Crippen LogP) is 2.62. The van der Waals surface area contributed by atoms with E-state index in [1.807, 2.05) is 41.5 Å². The molecular weight excluding hydrogens is 204 g/mol. The van der Waals surface area contributed by atoms with Gasteiger partial charge in [-0.25, -0.2) is 0 Å². The van der Waals surface area contributed by atoms with Crippen molar-refractivity contribution in [1.82, 2.24) is 0 Å². The van der Waals surface area contributed by atoms with Crippen LogP contribution in [0.1, 0.15) is 48.0 Å². The topological polar surface area (TPSA) is 46.5 Å². The van der Waals surface area contributed by atoms with Crippen molar-refractivity contribution < 1.29 is 14.6 Å². The van der Waals surface area contributed by atoms with E-state index in [-0.39, 0.29) is 29.8 Å². The second kappa shape index (κ2) is 6.89. The summed E-state index contributed by atoms with van der Waals surface area (Å²) in [6.07, 6.45) is 0.0705. The summed E-state index contributed by atoms with van der Waals surface area (Å²) in [4.78, 5) is 11.6. The standard InChI is InChI=1S/C13H26O3/c1-7-11(14)10(6)12(8(2)3)16-13(15)9(4)5/h8-12,14H,7H2,1-6H3/t10-,11-,12-/m0/s1. The van der Waals surface area contributed by atoms with E-state index in [0.717, 1.165) is 0 Å². The molecule has 0 aromatic rings. The first-order valence-corrected chi connectivity index (χ1v) is 6.19. The maximum atomic E-state index is 11.6. The van der Waals surface area contributed by atoms with Crippen LogP contribution in [0, 0.1) is 17.8 Å². The van der Waals surface area contributed by atoms with Crippen LogP contribution in [0.4, 0.5) is 0 Å². The number of aliphatic hydroxyl groups is 1. The van der Waals surface area contributed by atoms with Crippen molar-refractivity contribution in [1.29, 1.82) is 0 Å². The molecule has 3 atom stereocenters. The molecule has 0 aliphatic heterocycles. The molecule has 0 saturated carbocycles. The largest absolute Gasteiger partial charge is 0.462 e. The summed E-state index contributed by atoms with van der Waals surface area (Å²) in [7, 11) is 0. The molecule has 0 aromatic carbocycles. The van der Waals surface area contributed by atoms with E-state index < -0.39 is 6.10 Å². The van der Waals surface area contributed by atoms with Gasteiger partial charge in [-0.3, -0.25) is 4.79 Å². The third-order valence-electron chi connectivity index (χ3n) is 2.92. The van der Waals surface area contributed by atoms with Gasteiger partial charge >= 0.3 is 5.97 Å². The van der Waals surface area contributed by atoms with Gasteiger partial charge in [0.05, 0.1) is 12.0 Å². The normalized spacial score (nSPS) is 17.3. The maximum absolute atomic E-state index is 11.6. The van der Waals surface area contributed by atoms with Crippen molar-refractivity contribution in [3.63, 3.8) is 0 Å². The van der Waals surface area contributed by atoms with Crippen molar-refractivity contribution in [2.24, 2.45) is 17.8 Å². The van der Waals surface area contributed by atoms with Crippen molar-refractivity contribution in [2.75, 3.05) is 0 Å². The van der Waals surface area contributed by atoms with Gasteiger partial charge in [0, 0.05) is 5.92 Å². The smallest absolute Gasteiger partial charge is 0.308 e. The fourth-order valence-corrected chi connectivity index (χ4v) is 1.71. The lowest BCUT2D eigenvalue weighted by Crippen LogP contribution is -2.37. The first kappa shape index (κ1) is 15.4. The minimum atomic E-state index is -0.410. The summed E-state index contributed by atoms with van der Waals surface area (Å²) in [6, 6.07) is 0. The Hall–Kier alpha value is -0.570. The van der Waals surface area contributed by atoms with Crippen molar-refractivity contribution >= 4 is 5.97 Å². The van der Waals surface area contributed by atoms with E-state index in [4.69, 9.17) is 4.74 Å². The number of aliphatic hydroxyl groups excluding tert-OH is 1. The van der Waals surface area contributed by atoms with E-state index in [1.165, 1.54) is 0 Å². The number of esters is 1. The molecule has 0 heterocycles. The zero-order valence-corrected chi connectivity index (χ0v) is 11.4. The highest BCUT2D eigenvalue weighted by Gasteiger charge is 2.29. The molecule has 0 amide bonds. The van der Waals surface area contributed by atoms with Crippen molar-refractivity contribution in [3.05, 3.63) is 0 Å². The average molecular weight is 230 g/mol. The highest BCUT2D eigenvalue weighted by atomic mass is 16.5.